The molecule has 0 N–H and O–H groups in total. The van der Waals surface area contributed by atoms with Gasteiger partial charge in [-0.05, 0) is 11.8 Å². The SMILES string of the molecule is O=C1O[C@@H]2[C@@H]3C=C[C@@H]4[C@@H](C=C[C@@H]13)[C@H]42. The predicted octanol–water partition coefficient (Wildman–Crippen LogP) is 1.15. The van der Waals surface area contributed by atoms with Gasteiger partial charge in [-0.3, -0.25) is 4.79 Å². The first-order chi connectivity index (χ1) is 6.36. The second kappa shape index (κ2) is 1.74. The van der Waals surface area contributed by atoms with Crippen LogP contribution in [0.2, 0.25) is 0 Å². The Morgan fingerprint density at radius 2 is 1.69 bits per heavy atom. The quantitative estimate of drug-likeness (QED) is 0.406. The normalized spacial score (nSPS) is 58.9. The molecule has 1 saturated heterocycles. The van der Waals surface area contributed by atoms with E-state index in [1.807, 2.05) is 0 Å². The molecule has 1 heterocycles. The Kier molecular flexibility index (Phi) is 0.859. The Labute approximate surface area is 76.3 Å². The maximum Gasteiger partial charge on any atom is 0.313 e. The lowest BCUT2D eigenvalue weighted by atomic mass is 9.85. The van der Waals surface area contributed by atoms with Crippen molar-refractivity contribution in [2.24, 2.45) is 29.6 Å². The van der Waals surface area contributed by atoms with E-state index in [0.717, 1.165) is 0 Å². The van der Waals surface area contributed by atoms with Crippen molar-refractivity contribution < 1.29 is 9.53 Å². The highest BCUT2D eigenvalue weighted by Crippen LogP contribution is 2.60. The molecule has 0 unspecified atom stereocenters. The van der Waals surface area contributed by atoms with Crippen LogP contribution in [-0.2, 0) is 9.53 Å². The molecule has 2 heteroatoms. The molecule has 0 aromatic heterocycles. The molecular weight excluding hydrogens is 164 g/mol. The highest BCUT2D eigenvalue weighted by atomic mass is 16.6. The first kappa shape index (κ1) is 6.41. The second-order valence-corrected chi connectivity index (χ2v) is 4.51. The molecule has 4 rings (SSSR count). The molecule has 0 spiro atoms. The number of esters is 1. The van der Waals surface area contributed by atoms with Crippen molar-refractivity contribution in [1.29, 1.82) is 0 Å². The van der Waals surface area contributed by atoms with Crippen molar-refractivity contribution in [3.8, 4) is 0 Å². The average molecular weight is 174 g/mol. The van der Waals surface area contributed by atoms with E-state index in [1.165, 1.54) is 0 Å². The summed E-state index contributed by atoms with van der Waals surface area (Å²) in [4.78, 5) is 11.5. The van der Waals surface area contributed by atoms with Gasteiger partial charge in [-0.15, -0.1) is 0 Å². The van der Waals surface area contributed by atoms with Crippen LogP contribution in [0.15, 0.2) is 24.3 Å². The van der Waals surface area contributed by atoms with Gasteiger partial charge in [0.2, 0.25) is 0 Å². The molecule has 3 aliphatic carbocycles. The first-order valence-electron chi connectivity index (χ1n) is 4.93. The van der Waals surface area contributed by atoms with Crippen LogP contribution >= 0.6 is 0 Å². The molecule has 1 saturated carbocycles. The number of carbonyl (C=O) groups excluding carboxylic acids is 1. The van der Waals surface area contributed by atoms with Crippen molar-refractivity contribution in [2.75, 3.05) is 0 Å². The summed E-state index contributed by atoms with van der Waals surface area (Å²) in [5.41, 5.74) is 0. The summed E-state index contributed by atoms with van der Waals surface area (Å²) in [6.07, 6.45) is 8.99. The van der Waals surface area contributed by atoms with Crippen molar-refractivity contribution in [3.05, 3.63) is 24.3 Å². The summed E-state index contributed by atoms with van der Waals surface area (Å²) in [6, 6.07) is 0. The van der Waals surface area contributed by atoms with Crippen LogP contribution in [-0.4, -0.2) is 12.1 Å². The molecule has 6 atom stereocenters. The number of fused-ring (bicyclic) bond motifs is 1. The van der Waals surface area contributed by atoms with E-state index in [4.69, 9.17) is 4.74 Å². The minimum absolute atomic E-state index is 0.0121. The Bertz CT molecular complexity index is 355. The van der Waals surface area contributed by atoms with Gasteiger partial charge in [-0.1, -0.05) is 24.3 Å². The van der Waals surface area contributed by atoms with Crippen molar-refractivity contribution in [3.63, 3.8) is 0 Å². The van der Waals surface area contributed by atoms with E-state index in [2.05, 4.69) is 24.3 Å². The molecule has 0 radical (unpaired) electrons. The number of allylic oxidation sites excluding steroid dienone is 2. The summed E-state index contributed by atoms with van der Waals surface area (Å²) in [5, 5.41) is 0. The Hall–Kier alpha value is -1.05. The average Bonchev–Trinajstić information content (AvgIpc) is 2.68. The molecule has 2 fully saturated rings. The molecule has 0 aromatic rings. The third-order valence-corrected chi connectivity index (χ3v) is 3.99. The third kappa shape index (κ3) is 0.578. The highest BCUT2D eigenvalue weighted by molar-refractivity contribution is 5.78. The molecule has 0 aromatic carbocycles. The monoisotopic (exact) mass is 174 g/mol. The topological polar surface area (TPSA) is 26.3 Å². The fourth-order valence-electron chi connectivity index (χ4n) is 3.26. The van der Waals surface area contributed by atoms with Gasteiger partial charge in [0.1, 0.15) is 6.10 Å². The summed E-state index contributed by atoms with van der Waals surface area (Å²) in [7, 11) is 0. The summed E-state index contributed by atoms with van der Waals surface area (Å²) in [6.45, 7) is 0. The first-order valence-corrected chi connectivity index (χ1v) is 4.93. The van der Waals surface area contributed by atoms with Gasteiger partial charge in [0, 0.05) is 11.8 Å². The van der Waals surface area contributed by atoms with E-state index in [0.29, 0.717) is 23.7 Å². The van der Waals surface area contributed by atoms with E-state index in [9.17, 15) is 4.79 Å². The predicted molar refractivity (Wildman–Crippen MR) is 45.6 cm³/mol. The molecule has 4 aliphatic rings. The second-order valence-electron chi connectivity index (χ2n) is 4.51. The number of rotatable bonds is 0. The lowest BCUT2D eigenvalue weighted by Crippen LogP contribution is -2.22. The summed E-state index contributed by atoms with van der Waals surface area (Å²) in [5.74, 6) is 2.31. The zero-order chi connectivity index (χ0) is 8.58. The number of hydrogen-bond acceptors (Lipinski definition) is 2. The zero-order valence-corrected chi connectivity index (χ0v) is 7.09. The maximum atomic E-state index is 11.5. The van der Waals surface area contributed by atoms with Gasteiger partial charge < -0.3 is 4.74 Å². The number of hydrogen-bond donors (Lipinski definition) is 0. The molecular formula is C11H10O2. The van der Waals surface area contributed by atoms with Crippen molar-refractivity contribution in [2.45, 2.75) is 6.10 Å². The van der Waals surface area contributed by atoms with Gasteiger partial charge >= 0.3 is 5.97 Å². The van der Waals surface area contributed by atoms with E-state index >= 15 is 0 Å². The smallest absolute Gasteiger partial charge is 0.313 e. The van der Waals surface area contributed by atoms with Crippen molar-refractivity contribution >= 4 is 5.97 Å². The van der Waals surface area contributed by atoms with E-state index in [1.54, 1.807) is 0 Å². The van der Waals surface area contributed by atoms with Crippen molar-refractivity contribution in [1.82, 2.24) is 0 Å². The number of ether oxygens (including phenoxy) is 1. The van der Waals surface area contributed by atoms with Gasteiger partial charge in [-0.25, -0.2) is 0 Å². The van der Waals surface area contributed by atoms with Gasteiger partial charge in [0.15, 0.2) is 0 Å². The maximum absolute atomic E-state index is 11.5. The molecule has 2 nitrogen and oxygen atoms in total. The van der Waals surface area contributed by atoms with Crippen LogP contribution in [0.25, 0.3) is 0 Å². The third-order valence-electron chi connectivity index (χ3n) is 3.99. The summed E-state index contributed by atoms with van der Waals surface area (Å²) >= 11 is 0. The fraction of sp³-hybridized carbons (Fsp3) is 0.545. The summed E-state index contributed by atoms with van der Waals surface area (Å²) < 4.78 is 5.41. The van der Waals surface area contributed by atoms with Crippen LogP contribution < -0.4 is 0 Å². The molecule has 66 valence electrons. The van der Waals surface area contributed by atoms with Crippen LogP contribution in [0.3, 0.4) is 0 Å². The Balaban J connectivity index is 1.93. The van der Waals surface area contributed by atoms with Gasteiger partial charge in [-0.2, -0.15) is 0 Å². The van der Waals surface area contributed by atoms with E-state index < -0.39 is 0 Å². The fourth-order valence-corrected chi connectivity index (χ4v) is 3.26. The lowest BCUT2D eigenvalue weighted by molar-refractivity contribution is -0.144. The number of carbonyl (C=O) groups is 1. The minimum Gasteiger partial charge on any atom is -0.461 e. The Morgan fingerprint density at radius 3 is 2.54 bits per heavy atom. The van der Waals surface area contributed by atoms with Gasteiger partial charge in [0.05, 0.1) is 5.92 Å². The Morgan fingerprint density at radius 1 is 1.00 bits per heavy atom. The highest BCUT2D eigenvalue weighted by Gasteiger charge is 2.62. The van der Waals surface area contributed by atoms with Crippen LogP contribution in [0.4, 0.5) is 0 Å². The molecule has 13 heavy (non-hydrogen) atoms. The minimum atomic E-state index is -0.0121. The van der Waals surface area contributed by atoms with Crippen LogP contribution in [0, 0.1) is 29.6 Å². The molecule has 1 aliphatic heterocycles. The molecule has 0 amide bonds. The van der Waals surface area contributed by atoms with Crippen LogP contribution in [0.1, 0.15) is 0 Å². The molecule has 4 bridgehead atoms. The lowest BCUT2D eigenvalue weighted by Gasteiger charge is -2.18. The largest absolute Gasteiger partial charge is 0.461 e. The van der Waals surface area contributed by atoms with Crippen LogP contribution in [0.5, 0.6) is 0 Å². The van der Waals surface area contributed by atoms with Gasteiger partial charge in [0.25, 0.3) is 0 Å². The zero-order valence-electron chi connectivity index (χ0n) is 7.09. The van der Waals surface area contributed by atoms with E-state index in [-0.39, 0.29) is 18.0 Å². The standard InChI is InChI=1S/C11H10O2/c12-11-8-4-2-6-5-1-3-7(8)10(13-11)9(5)6/h1-10H/t5-,6-,7-,8-,9+,10-/m1/s1.